The molecule has 2 aromatic heterocycles. The van der Waals surface area contributed by atoms with E-state index in [9.17, 15) is 32.0 Å². The molecule has 4 amide bonds. The van der Waals surface area contributed by atoms with E-state index in [1.807, 2.05) is 6.08 Å². The van der Waals surface area contributed by atoms with Crippen LogP contribution in [0.3, 0.4) is 0 Å². The first-order valence-electron chi connectivity index (χ1n) is 20.5. The zero-order valence-corrected chi connectivity index (χ0v) is 33.8. The first kappa shape index (κ1) is 39.9. The lowest BCUT2D eigenvalue weighted by Crippen LogP contribution is -2.59. The molecule has 3 aliphatic carbocycles. The minimum absolute atomic E-state index is 0.0910. The van der Waals surface area contributed by atoms with Crippen LogP contribution in [0, 0.1) is 11.7 Å². The van der Waals surface area contributed by atoms with Gasteiger partial charge in [-0.1, -0.05) is 18.2 Å². The molecule has 18 heteroatoms. The minimum Gasteiger partial charge on any atom is -0.493 e. The molecule has 0 spiro atoms. The Morgan fingerprint density at radius 3 is 2.63 bits per heavy atom. The number of benzene rings is 2. The molecule has 2 aromatic carbocycles. The average Bonchev–Trinajstić information content (AvgIpc) is 4.03. The van der Waals surface area contributed by atoms with Gasteiger partial charge in [-0.25, -0.2) is 22.6 Å². The molecule has 4 fully saturated rings. The molecule has 3 saturated carbocycles. The Kier molecular flexibility index (Phi) is 10.5. The largest absolute Gasteiger partial charge is 0.493 e. The summed E-state index contributed by atoms with van der Waals surface area (Å²) in [6.07, 6.45) is 6.98. The molecule has 0 bridgehead atoms. The predicted octanol–water partition coefficient (Wildman–Crippen LogP) is 4.52. The van der Waals surface area contributed by atoms with E-state index in [1.165, 1.54) is 30.2 Å². The third kappa shape index (κ3) is 7.70. The Balaban J connectivity index is 1.07. The topological polar surface area (TPSA) is 205 Å². The van der Waals surface area contributed by atoms with E-state index in [-0.39, 0.29) is 55.6 Å². The van der Waals surface area contributed by atoms with E-state index in [0.717, 1.165) is 12.8 Å². The summed E-state index contributed by atoms with van der Waals surface area (Å²) in [5.74, 6) is -2.62. The van der Waals surface area contributed by atoms with Gasteiger partial charge >= 0.3 is 6.09 Å². The Bertz CT molecular complexity index is 2520. The first-order valence-corrected chi connectivity index (χ1v) is 22.0. The van der Waals surface area contributed by atoms with E-state index in [4.69, 9.17) is 28.3 Å². The molecule has 60 heavy (non-hydrogen) atoms. The third-order valence-electron chi connectivity index (χ3n) is 12.1. The summed E-state index contributed by atoms with van der Waals surface area (Å²) in [4.78, 5) is 62.3. The van der Waals surface area contributed by atoms with Gasteiger partial charge in [-0.05, 0) is 82.1 Å². The van der Waals surface area contributed by atoms with Crippen molar-refractivity contribution in [2.45, 2.75) is 99.3 Å². The summed E-state index contributed by atoms with van der Waals surface area (Å²) in [5.41, 5.74) is -0.323. The highest BCUT2D eigenvalue weighted by Crippen LogP contribution is 2.47. The Hall–Kier alpha value is -5.49. The standard InChI is InChI=1S/C42H46FN5O11S/c1-55-33-12-7-11-29-34-37(59-35(29)33)36(28-16-13-24(43)18-30(28)44-34)57-26-19-32-38(49)46-42(40(51)47-60(53,54)27-14-15-27)20-23(42)8-3-2-6-17-56-22-31(39(50)48(32)21-26)45-41(52)58-25-9-4-5-10-25/h3,7-8,11-13,16,18,23,25-27,31-32H,2,4-6,9-10,14-15,17,19-22H2,1H3,(H,45,52)(H,46,49)(H,47,51)/b8-3-/t23-,26+,31-,32-,42+/m0/s1. The van der Waals surface area contributed by atoms with Crippen LogP contribution >= 0.6 is 0 Å². The molecule has 9 rings (SSSR count). The second kappa shape index (κ2) is 15.8. The number of aromatic nitrogens is 1. The highest BCUT2D eigenvalue weighted by atomic mass is 32.2. The second-order valence-corrected chi connectivity index (χ2v) is 18.3. The number of carbonyl (C=O) groups is 4. The van der Waals surface area contributed by atoms with Crippen molar-refractivity contribution in [2.75, 3.05) is 26.9 Å². The summed E-state index contributed by atoms with van der Waals surface area (Å²) >= 11 is 0. The highest BCUT2D eigenvalue weighted by Gasteiger charge is 2.62. The van der Waals surface area contributed by atoms with Gasteiger partial charge in [0.25, 0.3) is 5.91 Å². The van der Waals surface area contributed by atoms with Crippen molar-refractivity contribution in [1.82, 2.24) is 25.2 Å². The fourth-order valence-corrected chi connectivity index (χ4v) is 10.0. The molecule has 318 valence electrons. The minimum atomic E-state index is -3.95. The third-order valence-corrected chi connectivity index (χ3v) is 13.9. The van der Waals surface area contributed by atoms with Crippen LogP contribution in [0.15, 0.2) is 53.0 Å². The quantitative estimate of drug-likeness (QED) is 0.210. The Labute approximate surface area is 344 Å². The average molecular weight is 848 g/mol. The molecule has 1 saturated heterocycles. The van der Waals surface area contributed by atoms with Gasteiger partial charge in [-0.15, -0.1) is 0 Å². The SMILES string of the molecule is COc1cccc2c1oc1c(O[C@@H]3C[C@H]4C(=O)N[C@]5(C(=O)NS(=O)(=O)C6CC6)C[C@@H]5/C=C\CCCOC[C@H](NC(=O)OC5CCCC5)C(=O)N4C3)c3ccc(F)cc3nc12. The summed E-state index contributed by atoms with van der Waals surface area (Å²) in [6.45, 7) is -0.139. The lowest BCUT2D eigenvalue weighted by Gasteiger charge is -2.29. The summed E-state index contributed by atoms with van der Waals surface area (Å²) < 4.78 is 72.9. The number of nitrogens with one attached hydrogen (secondary N) is 3. The van der Waals surface area contributed by atoms with Gasteiger partial charge in [0, 0.05) is 30.4 Å². The van der Waals surface area contributed by atoms with Gasteiger partial charge in [0.1, 0.15) is 41.2 Å². The molecule has 5 atom stereocenters. The van der Waals surface area contributed by atoms with Gasteiger partial charge < -0.3 is 38.9 Å². The predicted molar refractivity (Wildman–Crippen MR) is 214 cm³/mol. The van der Waals surface area contributed by atoms with Crippen molar-refractivity contribution in [2.24, 2.45) is 5.92 Å². The van der Waals surface area contributed by atoms with Crippen molar-refractivity contribution < 1.29 is 55.4 Å². The molecular formula is C42H46FN5O11S. The zero-order valence-electron chi connectivity index (χ0n) is 32.9. The summed E-state index contributed by atoms with van der Waals surface area (Å²) in [5, 5.41) is 5.86. The number of nitrogens with zero attached hydrogens (tertiary/aromatic N) is 2. The number of fused-ring (bicyclic) bond motifs is 6. The van der Waals surface area contributed by atoms with Crippen LogP contribution < -0.4 is 24.8 Å². The number of amides is 4. The number of alkyl carbamates (subject to hydrolysis) is 1. The number of methoxy groups -OCH3 is 1. The van der Waals surface area contributed by atoms with E-state index in [0.29, 0.717) is 66.1 Å². The molecule has 3 N–H and O–H groups in total. The maximum atomic E-state index is 14.7. The highest BCUT2D eigenvalue weighted by molar-refractivity contribution is 7.91. The monoisotopic (exact) mass is 847 g/mol. The number of furan rings is 1. The molecule has 4 aromatic rings. The maximum Gasteiger partial charge on any atom is 0.408 e. The van der Waals surface area contributed by atoms with Gasteiger partial charge in [-0.2, -0.15) is 0 Å². The number of rotatable bonds is 8. The molecule has 0 radical (unpaired) electrons. The number of para-hydroxylation sites is 1. The number of ether oxygens (including phenoxy) is 4. The number of carbonyl (C=O) groups excluding carboxylic acids is 4. The lowest BCUT2D eigenvalue weighted by molar-refractivity contribution is -0.142. The van der Waals surface area contributed by atoms with Crippen LogP contribution in [-0.2, 0) is 33.9 Å². The van der Waals surface area contributed by atoms with Crippen molar-refractivity contribution in [3.05, 3.63) is 54.4 Å². The molecular weight excluding hydrogens is 802 g/mol. The van der Waals surface area contributed by atoms with Gasteiger partial charge in [0.15, 0.2) is 22.7 Å². The van der Waals surface area contributed by atoms with E-state index in [1.54, 1.807) is 24.3 Å². The van der Waals surface area contributed by atoms with E-state index in [2.05, 4.69) is 15.4 Å². The Morgan fingerprint density at radius 1 is 1.03 bits per heavy atom. The number of halogens is 1. The molecule has 2 aliphatic heterocycles. The van der Waals surface area contributed by atoms with Crippen LogP contribution in [0.2, 0.25) is 0 Å². The van der Waals surface area contributed by atoms with E-state index < -0.39 is 74.5 Å². The number of hydrogen-bond donors (Lipinski definition) is 3. The van der Waals surface area contributed by atoms with Crippen LogP contribution in [0.5, 0.6) is 11.5 Å². The molecule has 5 aliphatic rings. The number of sulfonamides is 1. The van der Waals surface area contributed by atoms with Gasteiger partial charge in [0.05, 0.1) is 36.4 Å². The van der Waals surface area contributed by atoms with Crippen LogP contribution in [0.25, 0.3) is 33.0 Å². The van der Waals surface area contributed by atoms with Crippen molar-refractivity contribution in [3.63, 3.8) is 0 Å². The number of hydrogen-bond acceptors (Lipinski definition) is 12. The first-order chi connectivity index (χ1) is 28.9. The van der Waals surface area contributed by atoms with Gasteiger partial charge in [-0.3, -0.25) is 19.1 Å². The summed E-state index contributed by atoms with van der Waals surface area (Å²) in [7, 11) is -2.45. The normalized spacial score (nSPS) is 27.1. The lowest BCUT2D eigenvalue weighted by atomic mass is 10.1. The fourth-order valence-electron chi connectivity index (χ4n) is 8.64. The number of allylic oxidation sites excluding steroid dienone is 1. The Morgan fingerprint density at radius 2 is 1.85 bits per heavy atom. The van der Waals surface area contributed by atoms with Crippen LogP contribution in [-0.4, -0.2) is 104 Å². The van der Waals surface area contributed by atoms with Crippen molar-refractivity contribution in [1.29, 1.82) is 0 Å². The zero-order chi connectivity index (χ0) is 41.8. The van der Waals surface area contributed by atoms with Crippen LogP contribution in [0.4, 0.5) is 9.18 Å². The molecule has 0 unspecified atom stereocenters. The fraction of sp³-hybridized carbons (Fsp3) is 0.500. The second-order valence-electron chi connectivity index (χ2n) is 16.3. The molecule has 4 heterocycles. The van der Waals surface area contributed by atoms with Crippen LogP contribution in [0.1, 0.15) is 64.2 Å². The van der Waals surface area contributed by atoms with Crippen molar-refractivity contribution in [3.8, 4) is 11.5 Å². The van der Waals surface area contributed by atoms with Gasteiger partial charge in [0.2, 0.25) is 21.8 Å². The van der Waals surface area contributed by atoms with Crippen molar-refractivity contribution >= 4 is 66.8 Å². The van der Waals surface area contributed by atoms with E-state index >= 15 is 0 Å². The smallest absolute Gasteiger partial charge is 0.408 e. The maximum absolute atomic E-state index is 14.7. The molecule has 16 nitrogen and oxygen atoms in total. The summed E-state index contributed by atoms with van der Waals surface area (Å²) in [6, 6.07) is 6.81. The number of pyridine rings is 1.